The van der Waals surface area contributed by atoms with Crippen LogP contribution in [0.4, 0.5) is 0 Å². The number of benzene rings is 1. The van der Waals surface area contributed by atoms with Crippen molar-refractivity contribution < 1.29 is 9.15 Å². The van der Waals surface area contributed by atoms with Crippen molar-refractivity contribution in [1.82, 2.24) is 10.2 Å². The lowest BCUT2D eigenvalue weighted by atomic mass is 9.97. The quantitative estimate of drug-likeness (QED) is 0.798. The molecule has 0 aliphatic carbocycles. The minimum Gasteiger partial charge on any atom is -0.497 e. The summed E-state index contributed by atoms with van der Waals surface area (Å²) in [6, 6.07) is 7.55. The Morgan fingerprint density at radius 1 is 1.06 bits per heavy atom. The normalized spacial score (nSPS) is 11.5. The molecule has 0 amide bonds. The second-order valence-corrected chi connectivity index (χ2v) is 4.89. The Morgan fingerprint density at radius 2 is 1.71 bits per heavy atom. The van der Waals surface area contributed by atoms with Gasteiger partial charge in [0.05, 0.1) is 7.11 Å². The molecule has 0 aliphatic heterocycles. The zero-order valence-corrected chi connectivity index (χ0v) is 10.5. The van der Waals surface area contributed by atoms with Crippen LogP contribution >= 0.6 is 0 Å². The van der Waals surface area contributed by atoms with Crippen molar-refractivity contribution in [2.24, 2.45) is 0 Å². The van der Waals surface area contributed by atoms with E-state index in [0.29, 0.717) is 11.8 Å². The van der Waals surface area contributed by atoms with E-state index in [4.69, 9.17) is 9.15 Å². The van der Waals surface area contributed by atoms with E-state index in [0.717, 1.165) is 11.3 Å². The van der Waals surface area contributed by atoms with E-state index in [9.17, 15) is 0 Å². The molecule has 2 rings (SSSR count). The Hall–Kier alpha value is -1.84. The molecule has 0 aliphatic rings. The van der Waals surface area contributed by atoms with Gasteiger partial charge in [0.1, 0.15) is 5.75 Å². The maximum atomic E-state index is 5.64. The highest BCUT2D eigenvalue weighted by molar-refractivity contribution is 5.54. The molecule has 1 aromatic carbocycles. The van der Waals surface area contributed by atoms with Crippen molar-refractivity contribution in [1.29, 1.82) is 0 Å². The molecular weight excluding hydrogens is 216 g/mol. The molecular formula is C13H16N2O2. The number of hydrogen-bond acceptors (Lipinski definition) is 4. The largest absolute Gasteiger partial charge is 0.497 e. The molecule has 0 unspecified atom stereocenters. The van der Waals surface area contributed by atoms with Crippen molar-refractivity contribution in [3.63, 3.8) is 0 Å². The molecule has 4 heteroatoms. The summed E-state index contributed by atoms with van der Waals surface area (Å²) in [6.07, 6.45) is 0. The number of hydrogen-bond donors (Lipinski definition) is 0. The third-order valence-electron chi connectivity index (χ3n) is 2.40. The van der Waals surface area contributed by atoms with E-state index < -0.39 is 0 Å². The van der Waals surface area contributed by atoms with Gasteiger partial charge in [-0.2, -0.15) is 0 Å². The van der Waals surface area contributed by atoms with E-state index in [1.807, 2.05) is 45.0 Å². The minimum atomic E-state index is -0.127. The lowest BCUT2D eigenvalue weighted by Gasteiger charge is -2.10. The summed E-state index contributed by atoms with van der Waals surface area (Å²) in [4.78, 5) is 0. The van der Waals surface area contributed by atoms with Gasteiger partial charge in [-0.3, -0.25) is 0 Å². The van der Waals surface area contributed by atoms with Crippen LogP contribution in [0.5, 0.6) is 5.75 Å². The molecule has 1 heterocycles. The van der Waals surface area contributed by atoms with Gasteiger partial charge in [0.25, 0.3) is 0 Å². The van der Waals surface area contributed by atoms with Crippen molar-refractivity contribution >= 4 is 0 Å². The molecule has 0 N–H and O–H groups in total. The lowest BCUT2D eigenvalue weighted by molar-refractivity contribution is 0.399. The van der Waals surface area contributed by atoms with E-state index in [2.05, 4.69) is 10.2 Å². The highest BCUT2D eigenvalue weighted by Crippen LogP contribution is 2.26. The molecule has 17 heavy (non-hydrogen) atoms. The van der Waals surface area contributed by atoms with Crippen LogP contribution in [0.25, 0.3) is 11.5 Å². The second kappa shape index (κ2) is 4.20. The fourth-order valence-electron chi connectivity index (χ4n) is 1.38. The standard InChI is InChI=1S/C13H16N2O2/c1-13(2,3)12-15-14-11(17-12)9-5-7-10(16-4)8-6-9/h5-8H,1-4H3. The van der Waals surface area contributed by atoms with Crippen LogP contribution in [0.1, 0.15) is 26.7 Å². The number of methoxy groups -OCH3 is 1. The predicted molar refractivity (Wildman–Crippen MR) is 65.0 cm³/mol. The van der Waals surface area contributed by atoms with E-state index in [-0.39, 0.29) is 5.41 Å². The lowest BCUT2D eigenvalue weighted by Crippen LogP contribution is -2.11. The topological polar surface area (TPSA) is 48.2 Å². The first-order valence-corrected chi connectivity index (χ1v) is 5.49. The van der Waals surface area contributed by atoms with Crippen molar-refractivity contribution in [3.8, 4) is 17.2 Å². The average molecular weight is 232 g/mol. The highest BCUT2D eigenvalue weighted by Gasteiger charge is 2.21. The van der Waals surface area contributed by atoms with E-state index in [1.54, 1.807) is 7.11 Å². The third kappa shape index (κ3) is 2.46. The van der Waals surface area contributed by atoms with Gasteiger partial charge in [0.15, 0.2) is 0 Å². The highest BCUT2D eigenvalue weighted by atomic mass is 16.5. The fraction of sp³-hybridized carbons (Fsp3) is 0.385. The van der Waals surface area contributed by atoms with Crippen LogP contribution in [0.2, 0.25) is 0 Å². The molecule has 0 spiro atoms. The first-order chi connectivity index (χ1) is 8.00. The van der Waals surface area contributed by atoms with Crippen LogP contribution in [0.3, 0.4) is 0 Å². The van der Waals surface area contributed by atoms with Crippen LogP contribution < -0.4 is 4.74 Å². The summed E-state index contributed by atoms with van der Waals surface area (Å²) in [5.41, 5.74) is 0.770. The van der Waals surface area contributed by atoms with Gasteiger partial charge in [-0.1, -0.05) is 20.8 Å². The molecule has 1 aromatic heterocycles. The molecule has 0 atom stereocenters. The zero-order chi connectivity index (χ0) is 12.5. The van der Waals surface area contributed by atoms with Gasteiger partial charge in [-0.15, -0.1) is 10.2 Å². The predicted octanol–water partition coefficient (Wildman–Crippen LogP) is 3.04. The molecule has 2 aromatic rings. The summed E-state index contributed by atoms with van der Waals surface area (Å²) in [5.74, 6) is 1.99. The first kappa shape index (κ1) is 11.6. The van der Waals surface area contributed by atoms with Crippen LogP contribution in [-0.4, -0.2) is 17.3 Å². The number of ether oxygens (including phenoxy) is 1. The smallest absolute Gasteiger partial charge is 0.247 e. The molecule has 0 bridgehead atoms. The Bertz CT molecular complexity index is 495. The molecule has 4 nitrogen and oxygen atoms in total. The molecule has 0 radical (unpaired) electrons. The van der Waals surface area contributed by atoms with Crippen molar-refractivity contribution in [2.75, 3.05) is 7.11 Å². The second-order valence-electron chi connectivity index (χ2n) is 4.89. The first-order valence-electron chi connectivity index (χ1n) is 5.49. The van der Waals surface area contributed by atoms with Gasteiger partial charge in [-0.25, -0.2) is 0 Å². The van der Waals surface area contributed by atoms with Crippen LogP contribution in [-0.2, 0) is 5.41 Å². The average Bonchev–Trinajstić information content (AvgIpc) is 2.78. The van der Waals surface area contributed by atoms with Crippen LogP contribution in [0, 0.1) is 0 Å². The number of rotatable bonds is 2. The monoisotopic (exact) mass is 232 g/mol. The fourth-order valence-corrected chi connectivity index (χ4v) is 1.38. The Balaban J connectivity index is 2.30. The summed E-state index contributed by atoms with van der Waals surface area (Å²) in [7, 11) is 1.64. The summed E-state index contributed by atoms with van der Waals surface area (Å²) < 4.78 is 10.7. The van der Waals surface area contributed by atoms with Gasteiger partial charge in [0, 0.05) is 11.0 Å². The van der Waals surface area contributed by atoms with E-state index in [1.165, 1.54) is 0 Å². The molecule has 0 saturated carbocycles. The molecule has 90 valence electrons. The van der Waals surface area contributed by atoms with Gasteiger partial charge in [-0.05, 0) is 24.3 Å². The van der Waals surface area contributed by atoms with E-state index >= 15 is 0 Å². The summed E-state index contributed by atoms with van der Waals surface area (Å²) in [5, 5.41) is 8.11. The molecule has 0 fully saturated rings. The Labute approximate surface area is 101 Å². The number of nitrogens with zero attached hydrogens (tertiary/aromatic N) is 2. The minimum absolute atomic E-state index is 0.127. The summed E-state index contributed by atoms with van der Waals surface area (Å²) >= 11 is 0. The maximum absolute atomic E-state index is 5.64. The van der Waals surface area contributed by atoms with Gasteiger partial charge >= 0.3 is 0 Å². The van der Waals surface area contributed by atoms with Crippen molar-refractivity contribution in [2.45, 2.75) is 26.2 Å². The molecule has 0 saturated heterocycles. The number of aromatic nitrogens is 2. The maximum Gasteiger partial charge on any atom is 0.247 e. The van der Waals surface area contributed by atoms with Crippen molar-refractivity contribution in [3.05, 3.63) is 30.2 Å². The SMILES string of the molecule is COc1ccc(-c2nnc(C(C)(C)C)o2)cc1. The zero-order valence-electron chi connectivity index (χ0n) is 10.5. The summed E-state index contributed by atoms with van der Waals surface area (Å²) in [6.45, 7) is 6.12. The Kier molecular flexibility index (Phi) is 2.88. The van der Waals surface area contributed by atoms with Crippen LogP contribution in [0.15, 0.2) is 28.7 Å². The Morgan fingerprint density at radius 3 is 2.18 bits per heavy atom. The third-order valence-corrected chi connectivity index (χ3v) is 2.40. The van der Waals surface area contributed by atoms with Gasteiger partial charge < -0.3 is 9.15 Å². The van der Waals surface area contributed by atoms with Gasteiger partial charge in [0.2, 0.25) is 11.8 Å².